The molecule has 57 heavy (non-hydrogen) atoms. The number of nitrogens with zero attached hydrogens (tertiary/aromatic N) is 4. The highest BCUT2D eigenvalue weighted by atomic mass is 35.5. The normalized spacial score (nSPS) is 20.8. The first-order chi connectivity index (χ1) is 27.5. The number of likely N-dealkylation sites (tertiary alicyclic amines) is 2. The first-order valence-corrected chi connectivity index (χ1v) is 20.5. The van der Waals surface area contributed by atoms with Crippen molar-refractivity contribution in [2.45, 2.75) is 56.4 Å². The van der Waals surface area contributed by atoms with Gasteiger partial charge in [-0.25, -0.2) is 5.01 Å². The fourth-order valence-electron chi connectivity index (χ4n) is 8.66. The highest BCUT2D eigenvalue weighted by molar-refractivity contribution is 6.42. The Kier molecular flexibility index (Phi) is 13.9. The van der Waals surface area contributed by atoms with E-state index in [9.17, 15) is 14.4 Å². The number of rotatable bonds is 14. The molecule has 3 saturated heterocycles. The van der Waals surface area contributed by atoms with E-state index in [0.717, 1.165) is 43.6 Å². The van der Waals surface area contributed by atoms with Gasteiger partial charge in [0.1, 0.15) is 6.04 Å². The van der Waals surface area contributed by atoms with Crippen LogP contribution in [-0.2, 0) is 25.2 Å². The van der Waals surface area contributed by atoms with E-state index in [4.69, 9.17) is 42.1 Å². The van der Waals surface area contributed by atoms with Gasteiger partial charge in [0.2, 0.25) is 11.7 Å². The summed E-state index contributed by atoms with van der Waals surface area (Å²) in [5, 5.41) is 2.95. The summed E-state index contributed by atoms with van der Waals surface area (Å²) in [6.07, 6.45) is 2.85. The molecule has 0 radical (unpaired) electrons. The van der Waals surface area contributed by atoms with Gasteiger partial charge in [-0.15, -0.1) is 0 Å². The summed E-state index contributed by atoms with van der Waals surface area (Å²) < 4.78 is 21.8. The molecule has 1 N–H and O–H groups in total. The SMILES string of the molecule is CCOC(=O)[C@@H](C)N1CCN(NC(=O)C2(c3ccccc3)CCN(CC[C@]3(c4ccc(Cl)c(Cl)c4)CCN(C(=O)c4cc(OC)c(OC)c(OC)c4)C3)CC2)CC1. The van der Waals surface area contributed by atoms with E-state index >= 15 is 0 Å². The molecule has 0 unspecified atom stereocenters. The lowest BCUT2D eigenvalue weighted by Gasteiger charge is -2.44. The Morgan fingerprint density at radius 1 is 0.789 bits per heavy atom. The van der Waals surface area contributed by atoms with E-state index in [0.29, 0.717) is 91.6 Å². The fourth-order valence-corrected chi connectivity index (χ4v) is 8.96. The van der Waals surface area contributed by atoms with Crippen molar-refractivity contribution in [3.8, 4) is 17.2 Å². The number of hydrazine groups is 1. The molecule has 12 nitrogen and oxygen atoms in total. The largest absolute Gasteiger partial charge is 0.493 e. The van der Waals surface area contributed by atoms with Crippen LogP contribution in [0.25, 0.3) is 0 Å². The second kappa shape index (κ2) is 18.7. The molecule has 3 fully saturated rings. The maximum absolute atomic E-state index is 14.4. The molecule has 3 aliphatic heterocycles. The summed E-state index contributed by atoms with van der Waals surface area (Å²) in [6, 6.07) is 19.0. The molecule has 0 bridgehead atoms. The number of piperidine rings is 1. The molecular formula is C43H55Cl2N5O7. The first-order valence-electron chi connectivity index (χ1n) is 19.8. The van der Waals surface area contributed by atoms with Gasteiger partial charge >= 0.3 is 5.97 Å². The van der Waals surface area contributed by atoms with Crippen molar-refractivity contribution in [2.24, 2.45) is 0 Å². The number of methoxy groups -OCH3 is 3. The standard InChI is InChI=1S/C43H55Cl2N5O7/c1-6-57-40(52)30(2)48-22-24-50(25-23-48)46-41(53)43(32-10-8-7-9-11-32)16-19-47(20-17-43)18-14-42(33-12-13-34(44)35(45)28-33)15-21-49(29-42)39(51)31-26-36(54-3)38(56-5)37(27-31)55-4/h7-13,26-28,30H,6,14-25,29H2,1-5H3,(H,46,53)/t30-,42+/m1/s1. The van der Waals surface area contributed by atoms with E-state index < -0.39 is 5.41 Å². The summed E-state index contributed by atoms with van der Waals surface area (Å²) in [6.45, 7) is 9.87. The van der Waals surface area contributed by atoms with Crippen LogP contribution in [0.4, 0.5) is 0 Å². The number of ether oxygens (including phenoxy) is 4. The van der Waals surface area contributed by atoms with Gasteiger partial charge in [0.25, 0.3) is 5.91 Å². The van der Waals surface area contributed by atoms with Gasteiger partial charge in [0.05, 0.1) is 43.4 Å². The molecule has 3 aliphatic rings. The highest BCUT2D eigenvalue weighted by Crippen LogP contribution is 2.43. The number of benzene rings is 3. The summed E-state index contributed by atoms with van der Waals surface area (Å²) in [7, 11) is 4.60. The zero-order valence-corrected chi connectivity index (χ0v) is 35.2. The van der Waals surface area contributed by atoms with Crippen LogP contribution in [-0.4, -0.2) is 130 Å². The molecule has 3 aromatic carbocycles. The zero-order chi connectivity index (χ0) is 40.7. The van der Waals surface area contributed by atoms with Crippen LogP contribution in [0.2, 0.25) is 10.0 Å². The Morgan fingerprint density at radius 2 is 1.46 bits per heavy atom. The van der Waals surface area contributed by atoms with Crippen LogP contribution in [0, 0.1) is 0 Å². The lowest BCUT2D eigenvalue weighted by Crippen LogP contribution is -2.60. The minimum absolute atomic E-state index is 0.00394. The predicted molar refractivity (Wildman–Crippen MR) is 221 cm³/mol. The Hall–Kier alpha value is -4.07. The topological polar surface area (TPSA) is 113 Å². The molecule has 0 spiro atoms. The van der Waals surface area contributed by atoms with Crippen LogP contribution >= 0.6 is 23.2 Å². The molecule has 14 heteroatoms. The number of halogens is 2. The van der Waals surface area contributed by atoms with Crippen LogP contribution in [0.15, 0.2) is 60.7 Å². The maximum Gasteiger partial charge on any atom is 0.323 e. The van der Waals surface area contributed by atoms with Gasteiger partial charge in [0.15, 0.2) is 11.5 Å². The summed E-state index contributed by atoms with van der Waals surface area (Å²) in [5.41, 5.74) is 4.72. The minimum atomic E-state index is -0.689. The van der Waals surface area contributed by atoms with Crippen LogP contribution < -0.4 is 19.6 Å². The van der Waals surface area contributed by atoms with E-state index in [2.05, 4.69) is 27.4 Å². The molecule has 0 saturated carbocycles. The molecule has 2 atom stereocenters. The third kappa shape index (κ3) is 9.15. The van der Waals surface area contributed by atoms with Crippen molar-refractivity contribution >= 4 is 41.0 Å². The van der Waals surface area contributed by atoms with Crippen LogP contribution in [0.1, 0.15) is 61.0 Å². The van der Waals surface area contributed by atoms with Crippen LogP contribution in [0.5, 0.6) is 17.2 Å². The van der Waals surface area contributed by atoms with Gasteiger partial charge in [0, 0.05) is 50.2 Å². The van der Waals surface area contributed by atoms with E-state index in [-0.39, 0.29) is 29.2 Å². The minimum Gasteiger partial charge on any atom is -0.493 e. The average Bonchev–Trinajstić information content (AvgIpc) is 3.69. The van der Waals surface area contributed by atoms with Crippen molar-refractivity contribution in [1.29, 1.82) is 0 Å². The number of esters is 1. The van der Waals surface area contributed by atoms with Crippen molar-refractivity contribution in [3.63, 3.8) is 0 Å². The fraction of sp³-hybridized carbons (Fsp3) is 0.512. The van der Waals surface area contributed by atoms with E-state index in [1.165, 1.54) is 21.3 Å². The smallest absolute Gasteiger partial charge is 0.323 e. The number of piperazine rings is 1. The van der Waals surface area contributed by atoms with Crippen molar-refractivity contribution in [3.05, 3.63) is 87.4 Å². The molecule has 6 rings (SSSR count). The van der Waals surface area contributed by atoms with Gasteiger partial charge in [-0.05, 0) is 94.6 Å². The van der Waals surface area contributed by atoms with E-state index in [1.807, 2.05) is 60.2 Å². The molecule has 2 amide bonds. The summed E-state index contributed by atoms with van der Waals surface area (Å²) in [4.78, 5) is 47.2. The van der Waals surface area contributed by atoms with Crippen molar-refractivity contribution in [2.75, 3.05) is 86.8 Å². The number of amides is 2. The quantitative estimate of drug-likeness (QED) is 0.200. The molecular weight excluding hydrogens is 769 g/mol. The third-order valence-corrected chi connectivity index (χ3v) is 13.0. The third-order valence-electron chi connectivity index (χ3n) is 12.2. The number of nitrogens with one attached hydrogen (secondary N) is 1. The lowest BCUT2D eigenvalue weighted by molar-refractivity contribution is -0.150. The number of hydrogen-bond acceptors (Lipinski definition) is 10. The Bertz CT molecular complexity index is 1860. The van der Waals surface area contributed by atoms with E-state index in [1.54, 1.807) is 12.1 Å². The van der Waals surface area contributed by atoms with Crippen LogP contribution in [0.3, 0.4) is 0 Å². The second-order valence-electron chi connectivity index (χ2n) is 15.2. The maximum atomic E-state index is 14.4. The molecule has 0 aromatic heterocycles. The predicted octanol–water partition coefficient (Wildman–Crippen LogP) is 5.83. The first kappa shape index (κ1) is 42.5. The molecule has 308 valence electrons. The Morgan fingerprint density at radius 3 is 2.05 bits per heavy atom. The van der Waals surface area contributed by atoms with Gasteiger partial charge < -0.3 is 28.7 Å². The second-order valence-corrected chi connectivity index (χ2v) is 16.0. The van der Waals surface area contributed by atoms with Crippen molar-refractivity contribution < 1.29 is 33.3 Å². The van der Waals surface area contributed by atoms with Gasteiger partial charge in [-0.1, -0.05) is 59.6 Å². The number of carbonyl (C=O) groups excluding carboxylic acids is 3. The lowest BCUT2D eigenvalue weighted by atomic mass is 9.71. The van der Waals surface area contributed by atoms with Gasteiger partial charge in [-0.2, -0.15) is 0 Å². The molecule has 0 aliphatic carbocycles. The number of hydrogen-bond donors (Lipinski definition) is 1. The summed E-state index contributed by atoms with van der Waals surface area (Å²) >= 11 is 13.0. The average molecular weight is 825 g/mol. The zero-order valence-electron chi connectivity index (χ0n) is 33.7. The molecule has 3 aromatic rings. The molecule has 3 heterocycles. The van der Waals surface area contributed by atoms with Crippen molar-refractivity contribution in [1.82, 2.24) is 25.1 Å². The Labute approximate surface area is 346 Å². The summed E-state index contributed by atoms with van der Waals surface area (Å²) in [5.74, 6) is 0.931. The van der Waals surface area contributed by atoms with Gasteiger partial charge in [-0.3, -0.25) is 24.7 Å². The number of carbonyl (C=O) groups is 3. The monoisotopic (exact) mass is 823 g/mol. The Balaban J connectivity index is 1.15. The highest BCUT2D eigenvalue weighted by Gasteiger charge is 2.46.